The molecule has 0 amide bonds. The largest absolute Gasteiger partial charge is 0.310 e. The summed E-state index contributed by atoms with van der Waals surface area (Å²) in [7, 11) is 4.18. The normalized spacial score (nSPS) is 23.6. The molecule has 2 heterocycles. The third kappa shape index (κ3) is 3.03. The highest BCUT2D eigenvalue weighted by molar-refractivity contribution is 7.18. The first kappa shape index (κ1) is 14.0. The number of hydrogen-bond acceptors (Lipinski definition) is 4. The maximum atomic E-state index is 4.77. The summed E-state index contributed by atoms with van der Waals surface area (Å²) in [5, 5.41) is 4.86. The van der Waals surface area contributed by atoms with Crippen molar-refractivity contribution in [2.24, 2.45) is 5.92 Å². The van der Waals surface area contributed by atoms with Crippen LogP contribution in [0, 0.1) is 5.92 Å². The molecule has 0 saturated carbocycles. The monoisotopic (exact) mass is 289 g/mol. The number of nitrogens with zero attached hydrogens (tertiary/aromatic N) is 2. The molecule has 3 nitrogen and oxygen atoms in total. The molecular formula is C16H23N3S. The zero-order chi connectivity index (χ0) is 14.1. The van der Waals surface area contributed by atoms with Gasteiger partial charge in [-0.1, -0.05) is 13.0 Å². The predicted octanol–water partition coefficient (Wildman–Crippen LogP) is 3.42. The summed E-state index contributed by atoms with van der Waals surface area (Å²) in [4.78, 5) is 6.94. The van der Waals surface area contributed by atoms with E-state index in [4.69, 9.17) is 4.98 Å². The van der Waals surface area contributed by atoms with Gasteiger partial charge in [-0.25, -0.2) is 4.98 Å². The fraction of sp³-hybridized carbons (Fsp3) is 0.562. The first-order valence-corrected chi connectivity index (χ1v) is 8.21. The van der Waals surface area contributed by atoms with Crippen molar-refractivity contribution in [1.29, 1.82) is 0 Å². The Morgan fingerprint density at radius 3 is 2.90 bits per heavy atom. The van der Waals surface area contributed by atoms with Gasteiger partial charge in [0.05, 0.1) is 10.2 Å². The van der Waals surface area contributed by atoms with E-state index in [1.165, 1.54) is 28.1 Å². The van der Waals surface area contributed by atoms with Gasteiger partial charge in [0, 0.05) is 12.6 Å². The molecule has 1 aromatic carbocycles. The van der Waals surface area contributed by atoms with E-state index in [0.717, 1.165) is 24.5 Å². The van der Waals surface area contributed by atoms with Crippen LogP contribution in [0.1, 0.15) is 36.4 Å². The quantitative estimate of drug-likeness (QED) is 0.938. The lowest BCUT2D eigenvalue weighted by Gasteiger charge is -2.28. The van der Waals surface area contributed by atoms with Crippen LogP contribution in [0.15, 0.2) is 18.2 Å². The van der Waals surface area contributed by atoms with Crippen molar-refractivity contribution >= 4 is 21.6 Å². The van der Waals surface area contributed by atoms with E-state index in [2.05, 4.69) is 49.4 Å². The molecule has 4 heteroatoms. The molecule has 1 saturated heterocycles. The minimum atomic E-state index is 0.509. The Morgan fingerprint density at radius 1 is 1.35 bits per heavy atom. The Kier molecular flexibility index (Phi) is 4.06. The molecule has 0 unspecified atom stereocenters. The lowest BCUT2D eigenvalue weighted by atomic mass is 9.92. The molecule has 2 atom stereocenters. The van der Waals surface area contributed by atoms with Gasteiger partial charge >= 0.3 is 0 Å². The minimum Gasteiger partial charge on any atom is -0.310 e. The maximum Gasteiger partial charge on any atom is 0.108 e. The Labute approximate surface area is 125 Å². The van der Waals surface area contributed by atoms with Gasteiger partial charge in [0.1, 0.15) is 5.01 Å². The van der Waals surface area contributed by atoms with E-state index >= 15 is 0 Å². The zero-order valence-electron chi connectivity index (χ0n) is 12.5. The Morgan fingerprint density at radius 2 is 2.20 bits per heavy atom. The number of nitrogens with one attached hydrogen (secondary N) is 1. The summed E-state index contributed by atoms with van der Waals surface area (Å²) in [6, 6.07) is 7.29. The third-order valence-electron chi connectivity index (χ3n) is 3.97. The van der Waals surface area contributed by atoms with Crippen LogP contribution in [0.25, 0.3) is 10.2 Å². The molecule has 1 aromatic heterocycles. The number of aromatic nitrogens is 1. The van der Waals surface area contributed by atoms with Crippen LogP contribution < -0.4 is 5.32 Å². The zero-order valence-corrected chi connectivity index (χ0v) is 13.3. The average molecular weight is 289 g/mol. The van der Waals surface area contributed by atoms with E-state index in [1.807, 2.05) is 11.3 Å². The van der Waals surface area contributed by atoms with Crippen LogP contribution in [0.4, 0.5) is 0 Å². The first-order valence-electron chi connectivity index (χ1n) is 7.39. The number of thiazole rings is 1. The van der Waals surface area contributed by atoms with Gasteiger partial charge in [-0.15, -0.1) is 11.3 Å². The van der Waals surface area contributed by atoms with Gasteiger partial charge in [-0.2, -0.15) is 0 Å². The second-order valence-electron chi connectivity index (χ2n) is 6.22. The van der Waals surface area contributed by atoms with Crippen molar-refractivity contribution in [3.8, 4) is 0 Å². The third-order valence-corrected chi connectivity index (χ3v) is 4.99. The van der Waals surface area contributed by atoms with Gasteiger partial charge in [0.2, 0.25) is 0 Å². The second-order valence-corrected chi connectivity index (χ2v) is 7.33. The topological polar surface area (TPSA) is 28.2 Å². The lowest BCUT2D eigenvalue weighted by Crippen LogP contribution is -2.31. The molecule has 0 radical (unpaired) electrons. The molecule has 1 aliphatic rings. The van der Waals surface area contributed by atoms with Gasteiger partial charge in [-0.3, -0.25) is 0 Å². The maximum absolute atomic E-state index is 4.77. The standard InChI is InChI=1S/C16H23N3S/c1-11-4-6-13(17-9-11)12-5-7-15-14(8-12)18-16(20-15)10-19(2)3/h5,7-8,11,13,17H,4,6,9-10H2,1-3H3/t11-,13+/m0/s1. The number of rotatable bonds is 3. The molecule has 3 rings (SSSR count). The summed E-state index contributed by atoms with van der Waals surface area (Å²) in [6.45, 7) is 4.37. The predicted molar refractivity (Wildman–Crippen MR) is 86.2 cm³/mol. The Hall–Kier alpha value is -0.970. The minimum absolute atomic E-state index is 0.509. The number of benzene rings is 1. The van der Waals surface area contributed by atoms with Gasteiger partial charge < -0.3 is 10.2 Å². The van der Waals surface area contributed by atoms with Gasteiger partial charge in [-0.05, 0) is 57.1 Å². The van der Waals surface area contributed by atoms with E-state index in [9.17, 15) is 0 Å². The summed E-state index contributed by atoms with van der Waals surface area (Å²) < 4.78 is 1.30. The van der Waals surface area contributed by atoms with Crippen molar-refractivity contribution in [1.82, 2.24) is 15.2 Å². The summed E-state index contributed by atoms with van der Waals surface area (Å²) >= 11 is 1.81. The van der Waals surface area contributed by atoms with Crippen molar-refractivity contribution in [3.05, 3.63) is 28.8 Å². The van der Waals surface area contributed by atoms with Crippen molar-refractivity contribution in [2.45, 2.75) is 32.4 Å². The molecule has 1 N–H and O–H groups in total. The van der Waals surface area contributed by atoms with Crippen LogP contribution in [0.5, 0.6) is 0 Å². The van der Waals surface area contributed by atoms with Crippen LogP contribution in [0.2, 0.25) is 0 Å². The summed E-state index contributed by atoms with van der Waals surface area (Å²) in [6.07, 6.45) is 2.56. The first-order chi connectivity index (χ1) is 9.61. The van der Waals surface area contributed by atoms with E-state index in [-0.39, 0.29) is 0 Å². The molecule has 20 heavy (non-hydrogen) atoms. The smallest absolute Gasteiger partial charge is 0.108 e. The van der Waals surface area contributed by atoms with Crippen LogP contribution in [-0.2, 0) is 6.54 Å². The highest BCUT2D eigenvalue weighted by Crippen LogP contribution is 2.30. The molecule has 108 valence electrons. The molecule has 1 fully saturated rings. The number of hydrogen-bond donors (Lipinski definition) is 1. The van der Waals surface area contributed by atoms with Crippen molar-refractivity contribution in [3.63, 3.8) is 0 Å². The van der Waals surface area contributed by atoms with E-state index < -0.39 is 0 Å². The summed E-state index contributed by atoms with van der Waals surface area (Å²) in [5.74, 6) is 0.806. The van der Waals surface area contributed by atoms with Crippen LogP contribution >= 0.6 is 11.3 Å². The van der Waals surface area contributed by atoms with Crippen molar-refractivity contribution in [2.75, 3.05) is 20.6 Å². The van der Waals surface area contributed by atoms with Crippen LogP contribution in [0.3, 0.4) is 0 Å². The number of fused-ring (bicyclic) bond motifs is 1. The molecule has 2 aromatic rings. The van der Waals surface area contributed by atoms with Gasteiger partial charge in [0.25, 0.3) is 0 Å². The molecule has 0 bridgehead atoms. The SMILES string of the molecule is C[C@H]1CC[C@H](c2ccc3sc(CN(C)C)nc3c2)NC1. The second kappa shape index (κ2) is 5.80. The Bertz CT molecular complexity index is 582. The van der Waals surface area contributed by atoms with Gasteiger partial charge in [0.15, 0.2) is 0 Å². The number of piperidine rings is 1. The molecular weight excluding hydrogens is 266 g/mol. The molecule has 1 aliphatic heterocycles. The fourth-order valence-corrected chi connectivity index (χ4v) is 3.90. The van der Waals surface area contributed by atoms with E-state index in [1.54, 1.807) is 0 Å². The molecule has 0 spiro atoms. The van der Waals surface area contributed by atoms with E-state index in [0.29, 0.717) is 6.04 Å². The lowest BCUT2D eigenvalue weighted by molar-refractivity contribution is 0.333. The van der Waals surface area contributed by atoms with Crippen LogP contribution in [-0.4, -0.2) is 30.5 Å². The highest BCUT2D eigenvalue weighted by Gasteiger charge is 2.19. The summed E-state index contributed by atoms with van der Waals surface area (Å²) in [5.41, 5.74) is 2.55. The fourth-order valence-electron chi connectivity index (χ4n) is 2.83. The Balaban J connectivity index is 1.83. The van der Waals surface area contributed by atoms with Crippen molar-refractivity contribution < 1.29 is 0 Å². The molecule has 0 aliphatic carbocycles. The average Bonchev–Trinajstić information content (AvgIpc) is 2.79. The highest BCUT2D eigenvalue weighted by atomic mass is 32.1.